The van der Waals surface area contributed by atoms with Gasteiger partial charge in [-0.2, -0.15) is 5.01 Å². The number of thioether (sulfide) groups is 1. The van der Waals surface area contributed by atoms with Crippen LogP contribution in [0.1, 0.15) is 18.1 Å². The maximum absolute atomic E-state index is 14.1. The molecule has 0 atom stereocenters. The first-order chi connectivity index (χ1) is 14.6. The lowest BCUT2D eigenvalue weighted by Crippen LogP contribution is -2.61. The number of nitrogens with zero attached hydrogens (tertiary/aromatic N) is 2. The number of imide groups is 1. The molecule has 0 spiro atoms. The second-order valence-electron chi connectivity index (χ2n) is 6.98. The summed E-state index contributed by atoms with van der Waals surface area (Å²) in [6, 6.07) is 27.6. The summed E-state index contributed by atoms with van der Waals surface area (Å²) in [5.74, 6) is -0.599. The second kappa shape index (κ2) is 8.16. The molecule has 150 valence electrons. The highest BCUT2D eigenvalue weighted by Crippen LogP contribution is 2.43. The van der Waals surface area contributed by atoms with Gasteiger partial charge in [0.2, 0.25) is 5.91 Å². The van der Waals surface area contributed by atoms with E-state index >= 15 is 0 Å². The molecule has 30 heavy (non-hydrogen) atoms. The van der Waals surface area contributed by atoms with Crippen LogP contribution in [0.5, 0.6) is 0 Å². The van der Waals surface area contributed by atoms with Crippen LogP contribution in [-0.4, -0.2) is 27.8 Å². The van der Waals surface area contributed by atoms with Crippen molar-refractivity contribution >= 4 is 34.5 Å². The number of hydrazine groups is 1. The molecule has 0 aromatic heterocycles. The average Bonchev–Trinajstić information content (AvgIpc) is 2.78. The average molecular weight is 417 g/mol. The largest absolute Gasteiger partial charge is 0.307 e. The number of anilines is 1. The first-order valence-electron chi connectivity index (χ1n) is 9.54. The fourth-order valence-corrected chi connectivity index (χ4v) is 4.85. The lowest BCUT2D eigenvalue weighted by molar-refractivity contribution is -0.136. The zero-order valence-electron chi connectivity index (χ0n) is 16.4. The summed E-state index contributed by atoms with van der Waals surface area (Å²) >= 11 is 1.04. The van der Waals surface area contributed by atoms with E-state index in [1.807, 2.05) is 66.7 Å². The zero-order valence-corrected chi connectivity index (χ0v) is 17.2. The summed E-state index contributed by atoms with van der Waals surface area (Å²) in [4.78, 5) is 39.6. The summed E-state index contributed by atoms with van der Waals surface area (Å²) < 4.78 is 0. The molecule has 1 aliphatic heterocycles. The highest BCUT2D eigenvalue weighted by Gasteiger charge is 2.52. The number of para-hydroxylation sites is 1. The van der Waals surface area contributed by atoms with E-state index in [1.54, 1.807) is 24.3 Å². The van der Waals surface area contributed by atoms with Gasteiger partial charge in [0.05, 0.1) is 5.69 Å². The minimum atomic E-state index is -1.09. The third-order valence-electron chi connectivity index (χ3n) is 5.17. The minimum absolute atomic E-state index is 0.260. The van der Waals surface area contributed by atoms with Crippen molar-refractivity contribution in [2.24, 2.45) is 0 Å². The number of amides is 3. The van der Waals surface area contributed by atoms with Gasteiger partial charge in [0.25, 0.3) is 5.91 Å². The van der Waals surface area contributed by atoms with Crippen LogP contribution in [0.15, 0.2) is 91.0 Å². The molecule has 0 aliphatic carbocycles. The molecule has 0 saturated carbocycles. The van der Waals surface area contributed by atoms with Crippen LogP contribution in [-0.2, 0) is 15.0 Å². The van der Waals surface area contributed by atoms with Gasteiger partial charge in [-0.3, -0.25) is 14.4 Å². The quantitative estimate of drug-likeness (QED) is 0.622. The summed E-state index contributed by atoms with van der Waals surface area (Å²) in [5, 5.41) is 1.69. The smallest absolute Gasteiger partial charge is 0.273 e. The monoisotopic (exact) mass is 416 g/mol. The molecule has 1 heterocycles. The fourth-order valence-electron chi connectivity index (χ4n) is 3.76. The molecule has 4 rings (SSSR count). The van der Waals surface area contributed by atoms with Gasteiger partial charge >= 0.3 is 5.24 Å². The molecule has 0 radical (unpaired) electrons. The van der Waals surface area contributed by atoms with Gasteiger partial charge in [0.1, 0.15) is 5.41 Å². The van der Waals surface area contributed by atoms with Crippen molar-refractivity contribution in [3.05, 3.63) is 102 Å². The normalized spacial score (nSPS) is 15.7. The number of rotatable bonds is 4. The standard InChI is InChI=1S/C24H20N2O3S/c1-18(27)25(21-15-9-4-10-16-21)26-22(28)24(17-30-23(26)29,19-11-5-2-6-12-19)20-13-7-3-8-14-20/h2-16H,17H2,1H3. The van der Waals surface area contributed by atoms with Crippen LogP contribution >= 0.6 is 11.8 Å². The predicted molar refractivity (Wildman–Crippen MR) is 118 cm³/mol. The van der Waals surface area contributed by atoms with Crippen LogP contribution in [0, 0.1) is 0 Å². The zero-order chi connectivity index (χ0) is 21.1. The van der Waals surface area contributed by atoms with Crippen molar-refractivity contribution in [3.63, 3.8) is 0 Å². The molecule has 1 saturated heterocycles. The second-order valence-corrected chi connectivity index (χ2v) is 7.90. The van der Waals surface area contributed by atoms with Gasteiger partial charge < -0.3 is 0 Å². The highest BCUT2D eigenvalue weighted by molar-refractivity contribution is 8.13. The maximum atomic E-state index is 14.1. The molecule has 5 nitrogen and oxygen atoms in total. The topological polar surface area (TPSA) is 57.7 Å². The van der Waals surface area contributed by atoms with E-state index in [1.165, 1.54) is 6.92 Å². The summed E-state index contributed by atoms with van der Waals surface area (Å²) in [5.41, 5.74) is 0.929. The van der Waals surface area contributed by atoms with Crippen LogP contribution in [0.2, 0.25) is 0 Å². The predicted octanol–water partition coefficient (Wildman–Crippen LogP) is 4.64. The Balaban J connectivity index is 1.91. The number of benzene rings is 3. The molecular weight excluding hydrogens is 396 g/mol. The van der Waals surface area contributed by atoms with Crippen LogP contribution in [0.25, 0.3) is 0 Å². The van der Waals surface area contributed by atoms with Gasteiger partial charge in [0.15, 0.2) is 0 Å². The summed E-state index contributed by atoms with van der Waals surface area (Å²) in [7, 11) is 0. The van der Waals surface area contributed by atoms with Crippen LogP contribution < -0.4 is 5.01 Å². The first-order valence-corrected chi connectivity index (χ1v) is 10.5. The molecule has 6 heteroatoms. The first kappa shape index (κ1) is 19.9. The Kier molecular flexibility index (Phi) is 5.42. The Bertz CT molecular complexity index is 1030. The summed E-state index contributed by atoms with van der Waals surface area (Å²) in [6.07, 6.45) is 0. The lowest BCUT2D eigenvalue weighted by atomic mass is 9.75. The van der Waals surface area contributed by atoms with E-state index in [2.05, 4.69) is 0 Å². The molecule has 3 amide bonds. The van der Waals surface area contributed by atoms with Crippen molar-refractivity contribution in [1.29, 1.82) is 0 Å². The van der Waals surface area contributed by atoms with Gasteiger partial charge in [-0.05, 0) is 23.3 Å². The van der Waals surface area contributed by atoms with Gasteiger partial charge in [0, 0.05) is 12.7 Å². The Morgan fingerprint density at radius 2 is 1.30 bits per heavy atom. The SMILES string of the molecule is CC(=O)N(c1ccccc1)N1C(=O)SCC(c2ccccc2)(c2ccccc2)C1=O. The molecule has 3 aromatic rings. The fraction of sp³-hybridized carbons (Fsp3) is 0.125. The van der Waals surface area contributed by atoms with Gasteiger partial charge in [-0.15, -0.1) is 0 Å². The van der Waals surface area contributed by atoms with Crippen molar-refractivity contribution in [2.75, 3.05) is 10.8 Å². The van der Waals surface area contributed by atoms with Crippen molar-refractivity contribution in [1.82, 2.24) is 5.01 Å². The van der Waals surface area contributed by atoms with E-state index in [9.17, 15) is 14.4 Å². The number of hydrogen-bond donors (Lipinski definition) is 0. The summed E-state index contributed by atoms with van der Waals surface area (Å²) in [6.45, 7) is 1.35. The molecular formula is C24H20N2O3S. The molecule has 1 aliphatic rings. The highest BCUT2D eigenvalue weighted by atomic mass is 32.2. The number of carbonyl (C=O) groups excluding carboxylic acids is 3. The van der Waals surface area contributed by atoms with Crippen molar-refractivity contribution in [2.45, 2.75) is 12.3 Å². The third kappa shape index (κ3) is 3.29. The third-order valence-corrected chi connectivity index (χ3v) is 6.17. The molecule has 0 unspecified atom stereocenters. The Labute approximate surface area is 179 Å². The van der Waals surface area contributed by atoms with Crippen LogP contribution in [0.3, 0.4) is 0 Å². The van der Waals surface area contributed by atoms with Gasteiger partial charge in [-0.1, -0.05) is 90.6 Å². The molecule has 3 aromatic carbocycles. The van der Waals surface area contributed by atoms with Crippen molar-refractivity contribution < 1.29 is 14.4 Å². The molecule has 0 bridgehead atoms. The van der Waals surface area contributed by atoms with Crippen molar-refractivity contribution in [3.8, 4) is 0 Å². The van der Waals surface area contributed by atoms with E-state index < -0.39 is 22.5 Å². The molecule has 1 fully saturated rings. The Morgan fingerprint density at radius 1 is 0.833 bits per heavy atom. The minimum Gasteiger partial charge on any atom is -0.273 e. The van der Waals surface area contributed by atoms with E-state index in [0.29, 0.717) is 5.69 Å². The Morgan fingerprint density at radius 3 is 1.77 bits per heavy atom. The van der Waals surface area contributed by atoms with Crippen LogP contribution in [0.4, 0.5) is 10.5 Å². The van der Waals surface area contributed by atoms with Gasteiger partial charge in [-0.25, -0.2) is 5.01 Å². The molecule has 0 N–H and O–H groups in total. The number of carbonyl (C=O) groups is 3. The number of hydrogen-bond acceptors (Lipinski definition) is 4. The maximum Gasteiger partial charge on any atom is 0.307 e. The van der Waals surface area contributed by atoms with E-state index in [4.69, 9.17) is 0 Å². The van der Waals surface area contributed by atoms with E-state index in [-0.39, 0.29) is 5.75 Å². The van der Waals surface area contributed by atoms with E-state index in [0.717, 1.165) is 32.9 Å². The lowest BCUT2D eigenvalue weighted by Gasteiger charge is -2.44. The Hall–Kier alpha value is -3.38.